The number of anilines is 1. The average molecular weight is 645 g/mol. The highest BCUT2D eigenvalue weighted by atomic mass is 35.5. The number of rotatable bonds is 11. The van der Waals surface area contributed by atoms with Crippen molar-refractivity contribution in [3.8, 4) is 0 Å². The molecule has 0 aliphatic heterocycles. The third-order valence-electron chi connectivity index (χ3n) is 6.13. The van der Waals surface area contributed by atoms with Gasteiger partial charge < -0.3 is 10.2 Å². The molecular formula is C28H29Cl4N3O4S. The molecule has 0 radical (unpaired) electrons. The minimum absolute atomic E-state index is 0.0123. The molecule has 12 heteroatoms. The summed E-state index contributed by atoms with van der Waals surface area (Å²) in [6, 6.07) is 14.5. The molecule has 214 valence electrons. The Labute approximate surface area is 255 Å². The van der Waals surface area contributed by atoms with E-state index in [0.717, 1.165) is 9.87 Å². The van der Waals surface area contributed by atoms with Gasteiger partial charge in [0.25, 0.3) is 10.0 Å². The molecule has 7 nitrogen and oxygen atoms in total. The van der Waals surface area contributed by atoms with Crippen LogP contribution in [0.3, 0.4) is 0 Å². The molecular weight excluding hydrogens is 616 g/mol. The predicted molar refractivity (Wildman–Crippen MR) is 162 cm³/mol. The summed E-state index contributed by atoms with van der Waals surface area (Å²) in [4.78, 5) is 28.1. The van der Waals surface area contributed by atoms with Gasteiger partial charge in [-0.1, -0.05) is 77.1 Å². The number of aryl methyl sites for hydroxylation is 1. The van der Waals surface area contributed by atoms with E-state index in [4.69, 9.17) is 46.4 Å². The highest BCUT2D eigenvalue weighted by Gasteiger charge is 2.32. The van der Waals surface area contributed by atoms with Crippen LogP contribution in [-0.2, 0) is 26.2 Å². The summed E-state index contributed by atoms with van der Waals surface area (Å²) in [7, 11) is -4.23. The van der Waals surface area contributed by atoms with Crippen molar-refractivity contribution in [3.05, 3.63) is 91.9 Å². The molecule has 0 heterocycles. The second-order valence-corrected chi connectivity index (χ2v) is 12.7. The van der Waals surface area contributed by atoms with Gasteiger partial charge in [-0.3, -0.25) is 13.9 Å². The molecule has 3 aromatic carbocycles. The van der Waals surface area contributed by atoms with Crippen molar-refractivity contribution in [3.63, 3.8) is 0 Å². The lowest BCUT2D eigenvalue weighted by Gasteiger charge is -2.32. The first-order chi connectivity index (χ1) is 18.8. The molecule has 0 aromatic heterocycles. The summed E-state index contributed by atoms with van der Waals surface area (Å²) in [5, 5.41) is 3.77. The normalized spacial score (nSPS) is 12.1. The lowest BCUT2D eigenvalue weighted by atomic mass is 10.1. The van der Waals surface area contributed by atoms with E-state index in [1.807, 2.05) is 13.8 Å². The predicted octanol–water partition coefficient (Wildman–Crippen LogP) is 6.75. The molecule has 1 unspecified atom stereocenters. The number of sulfonamides is 1. The largest absolute Gasteiger partial charge is 0.354 e. The van der Waals surface area contributed by atoms with Crippen LogP contribution in [0.25, 0.3) is 0 Å². The van der Waals surface area contributed by atoms with Crippen molar-refractivity contribution in [1.82, 2.24) is 10.2 Å². The van der Waals surface area contributed by atoms with Crippen LogP contribution in [0, 0.1) is 6.92 Å². The van der Waals surface area contributed by atoms with Crippen molar-refractivity contribution in [2.24, 2.45) is 0 Å². The standard InChI is InChI=1S/C28H29Cl4N3O4S/c1-4-13-33-28(37)19(3)34(16-20-7-11-23(29)25(31)14-20)27(36)17-35(21-8-12-24(30)26(32)15-21)40(38,39)22-9-5-18(2)6-10-22/h5-12,14-15,19H,4,13,16-17H2,1-3H3,(H,33,37). The number of halogens is 4. The molecule has 0 aliphatic rings. The van der Waals surface area contributed by atoms with Crippen molar-refractivity contribution in [2.75, 3.05) is 17.4 Å². The second kappa shape index (κ2) is 13.9. The monoisotopic (exact) mass is 643 g/mol. The molecule has 0 saturated carbocycles. The Morgan fingerprint density at radius 3 is 2.05 bits per heavy atom. The van der Waals surface area contributed by atoms with Gasteiger partial charge in [0.1, 0.15) is 12.6 Å². The summed E-state index contributed by atoms with van der Waals surface area (Å²) in [5.41, 5.74) is 1.62. The number of hydrogen-bond donors (Lipinski definition) is 1. The zero-order chi connectivity index (χ0) is 29.6. The van der Waals surface area contributed by atoms with Gasteiger partial charge in [0.2, 0.25) is 11.8 Å². The smallest absolute Gasteiger partial charge is 0.264 e. The van der Waals surface area contributed by atoms with Gasteiger partial charge >= 0.3 is 0 Å². The summed E-state index contributed by atoms with van der Waals surface area (Å²) in [6.45, 7) is 5.13. The van der Waals surface area contributed by atoms with E-state index < -0.39 is 28.5 Å². The maximum Gasteiger partial charge on any atom is 0.264 e. The summed E-state index contributed by atoms with van der Waals surface area (Å²) in [5.74, 6) is -0.996. The van der Waals surface area contributed by atoms with E-state index in [2.05, 4.69) is 5.32 Å². The summed E-state index contributed by atoms with van der Waals surface area (Å²) < 4.78 is 28.7. The van der Waals surface area contributed by atoms with Crippen LogP contribution in [0.5, 0.6) is 0 Å². The molecule has 0 bridgehead atoms. The van der Waals surface area contributed by atoms with E-state index in [9.17, 15) is 18.0 Å². The SMILES string of the molecule is CCCNC(=O)C(C)N(Cc1ccc(Cl)c(Cl)c1)C(=O)CN(c1ccc(Cl)c(Cl)c1)S(=O)(=O)c1ccc(C)cc1. The van der Waals surface area contributed by atoms with Crippen LogP contribution in [-0.4, -0.2) is 44.3 Å². The van der Waals surface area contributed by atoms with E-state index in [1.54, 1.807) is 37.3 Å². The Hall–Kier alpha value is -2.49. The van der Waals surface area contributed by atoms with Crippen LogP contribution in [0.4, 0.5) is 5.69 Å². The minimum atomic E-state index is -4.23. The first-order valence-electron chi connectivity index (χ1n) is 12.4. The quantitative estimate of drug-likeness (QED) is 0.250. The number of carbonyl (C=O) groups is 2. The lowest BCUT2D eigenvalue weighted by Crippen LogP contribution is -2.51. The Kier molecular flexibility index (Phi) is 11.1. The number of nitrogens with zero attached hydrogens (tertiary/aromatic N) is 2. The maximum absolute atomic E-state index is 13.9. The van der Waals surface area contributed by atoms with Crippen LogP contribution >= 0.6 is 46.4 Å². The number of nitrogens with one attached hydrogen (secondary N) is 1. The molecule has 1 N–H and O–H groups in total. The highest BCUT2D eigenvalue weighted by molar-refractivity contribution is 7.92. The number of amides is 2. The average Bonchev–Trinajstić information content (AvgIpc) is 2.92. The van der Waals surface area contributed by atoms with E-state index in [-0.39, 0.29) is 38.1 Å². The maximum atomic E-state index is 13.9. The third-order valence-corrected chi connectivity index (χ3v) is 9.40. The third kappa shape index (κ3) is 7.83. The Morgan fingerprint density at radius 1 is 0.875 bits per heavy atom. The number of benzene rings is 3. The Bertz CT molecular complexity index is 1480. The minimum Gasteiger partial charge on any atom is -0.354 e. The molecule has 3 rings (SSSR count). The van der Waals surface area contributed by atoms with Gasteiger partial charge in [0.05, 0.1) is 30.7 Å². The molecule has 2 amide bonds. The van der Waals surface area contributed by atoms with E-state index >= 15 is 0 Å². The van der Waals surface area contributed by atoms with Gasteiger partial charge in [-0.15, -0.1) is 0 Å². The first kappa shape index (κ1) is 32.0. The van der Waals surface area contributed by atoms with Gasteiger partial charge in [-0.2, -0.15) is 0 Å². The highest BCUT2D eigenvalue weighted by Crippen LogP contribution is 2.31. The molecule has 1 atom stereocenters. The first-order valence-corrected chi connectivity index (χ1v) is 15.4. The van der Waals surface area contributed by atoms with Gasteiger partial charge in [-0.25, -0.2) is 8.42 Å². The number of hydrogen-bond acceptors (Lipinski definition) is 4. The van der Waals surface area contributed by atoms with Crippen molar-refractivity contribution in [1.29, 1.82) is 0 Å². The van der Waals surface area contributed by atoms with Crippen LogP contribution < -0.4 is 9.62 Å². The van der Waals surface area contributed by atoms with Gasteiger partial charge in [0.15, 0.2) is 0 Å². The lowest BCUT2D eigenvalue weighted by molar-refractivity contribution is -0.139. The van der Waals surface area contributed by atoms with E-state index in [1.165, 1.54) is 35.2 Å². The zero-order valence-corrected chi connectivity index (χ0v) is 26.0. The fourth-order valence-corrected chi connectivity index (χ4v) is 5.84. The van der Waals surface area contributed by atoms with Crippen LogP contribution in [0.15, 0.2) is 65.6 Å². The van der Waals surface area contributed by atoms with Crippen LogP contribution in [0.2, 0.25) is 20.1 Å². The zero-order valence-electron chi connectivity index (χ0n) is 22.1. The van der Waals surface area contributed by atoms with Crippen molar-refractivity contribution >= 4 is 73.9 Å². The molecule has 0 saturated heterocycles. The fourth-order valence-electron chi connectivity index (χ4n) is 3.82. The Morgan fingerprint density at radius 2 is 1.48 bits per heavy atom. The molecule has 0 aliphatic carbocycles. The topological polar surface area (TPSA) is 86.8 Å². The van der Waals surface area contributed by atoms with Gasteiger partial charge in [0, 0.05) is 13.1 Å². The van der Waals surface area contributed by atoms with Gasteiger partial charge in [-0.05, 0) is 68.3 Å². The fraction of sp³-hybridized carbons (Fsp3) is 0.286. The summed E-state index contributed by atoms with van der Waals surface area (Å²) in [6.07, 6.45) is 0.707. The second-order valence-electron chi connectivity index (χ2n) is 9.16. The van der Waals surface area contributed by atoms with Crippen LogP contribution in [0.1, 0.15) is 31.4 Å². The molecule has 3 aromatic rings. The molecule has 0 fully saturated rings. The van der Waals surface area contributed by atoms with Crippen molar-refractivity contribution in [2.45, 2.75) is 44.7 Å². The Balaban J connectivity index is 2.05. The number of carbonyl (C=O) groups excluding carboxylic acids is 2. The summed E-state index contributed by atoms with van der Waals surface area (Å²) >= 11 is 24.6. The van der Waals surface area contributed by atoms with Crippen molar-refractivity contribution < 1.29 is 18.0 Å². The molecule has 0 spiro atoms. The van der Waals surface area contributed by atoms with E-state index in [0.29, 0.717) is 23.6 Å². The molecule has 40 heavy (non-hydrogen) atoms.